The fourth-order valence-corrected chi connectivity index (χ4v) is 3.45. The Morgan fingerprint density at radius 1 is 1.15 bits per heavy atom. The van der Waals surface area contributed by atoms with E-state index in [-0.39, 0.29) is 6.04 Å². The third-order valence-electron chi connectivity index (χ3n) is 2.85. The van der Waals surface area contributed by atoms with Crippen molar-refractivity contribution in [2.75, 3.05) is 7.05 Å². The van der Waals surface area contributed by atoms with Gasteiger partial charge in [-0.15, -0.1) is 11.3 Å². The van der Waals surface area contributed by atoms with Gasteiger partial charge < -0.3 is 5.32 Å². The van der Waals surface area contributed by atoms with Gasteiger partial charge in [0, 0.05) is 5.56 Å². The molecule has 0 radical (unpaired) electrons. The minimum Gasteiger partial charge on any atom is -0.309 e. The average molecular weight is 340 g/mol. The molecular weight excluding hydrogens is 330 g/mol. The van der Waals surface area contributed by atoms with Gasteiger partial charge in [-0.1, -0.05) is 35.3 Å². The van der Waals surface area contributed by atoms with Gasteiger partial charge in [0.05, 0.1) is 20.3 Å². The van der Waals surface area contributed by atoms with E-state index >= 15 is 0 Å². The van der Waals surface area contributed by atoms with Crippen LogP contribution in [0.4, 0.5) is 13.2 Å². The van der Waals surface area contributed by atoms with Gasteiger partial charge in [0.25, 0.3) is 0 Å². The minimum atomic E-state index is -4.34. The van der Waals surface area contributed by atoms with Gasteiger partial charge in [-0.25, -0.2) is 0 Å². The molecule has 108 valence electrons. The predicted molar refractivity (Wildman–Crippen MR) is 76.7 cm³/mol. The zero-order valence-corrected chi connectivity index (χ0v) is 12.6. The molecule has 2 rings (SSSR count). The molecule has 0 aliphatic carbocycles. The number of rotatable bonds is 3. The summed E-state index contributed by atoms with van der Waals surface area (Å²) in [7, 11) is 1.71. The quantitative estimate of drug-likeness (QED) is 0.791. The lowest BCUT2D eigenvalue weighted by Crippen LogP contribution is -2.17. The van der Waals surface area contributed by atoms with Crippen molar-refractivity contribution in [1.82, 2.24) is 5.32 Å². The van der Waals surface area contributed by atoms with Crippen molar-refractivity contribution in [1.29, 1.82) is 0 Å². The van der Waals surface area contributed by atoms with Crippen LogP contribution in [0.5, 0.6) is 0 Å². The Morgan fingerprint density at radius 3 is 2.15 bits per heavy atom. The van der Waals surface area contributed by atoms with Crippen molar-refractivity contribution < 1.29 is 13.2 Å². The molecule has 0 aliphatic heterocycles. The molecule has 0 spiro atoms. The second kappa shape index (κ2) is 5.93. The summed E-state index contributed by atoms with van der Waals surface area (Å²) >= 11 is 13.2. The van der Waals surface area contributed by atoms with Crippen molar-refractivity contribution in [2.45, 2.75) is 12.2 Å². The van der Waals surface area contributed by atoms with Crippen LogP contribution in [0.3, 0.4) is 0 Å². The normalized spacial score (nSPS) is 13.5. The first-order chi connectivity index (χ1) is 9.32. The highest BCUT2D eigenvalue weighted by Gasteiger charge is 2.30. The molecule has 7 heteroatoms. The Kier molecular flexibility index (Phi) is 4.64. The molecule has 1 aromatic carbocycles. The zero-order chi connectivity index (χ0) is 14.9. The third kappa shape index (κ3) is 3.28. The SMILES string of the molecule is CNC(c1ccc(C(F)(F)F)cc1)c1cc(Cl)sc1Cl. The zero-order valence-electron chi connectivity index (χ0n) is 10.3. The molecule has 1 aromatic heterocycles. The maximum Gasteiger partial charge on any atom is 0.416 e. The monoisotopic (exact) mass is 339 g/mol. The molecule has 1 heterocycles. The fourth-order valence-electron chi connectivity index (χ4n) is 1.92. The molecule has 20 heavy (non-hydrogen) atoms. The number of hydrogen-bond acceptors (Lipinski definition) is 2. The summed E-state index contributed by atoms with van der Waals surface area (Å²) < 4.78 is 38.7. The highest BCUT2D eigenvalue weighted by atomic mass is 35.5. The maximum atomic E-state index is 12.5. The Balaban J connectivity index is 2.35. The van der Waals surface area contributed by atoms with E-state index in [4.69, 9.17) is 23.2 Å². The van der Waals surface area contributed by atoms with Crippen LogP contribution in [-0.2, 0) is 6.18 Å². The van der Waals surface area contributed by atoms with Gasteiger partial charge in [0.2, 0.25) is 0 Å². The Morgan fingerprint density at radius 2 is 1.75 bits per heavy atom. The molecule has 0 bridgehead atoms. The Bertz CT molecular complexity index is 593. The maximum absolute atomic E-state index is 12.5. The molecule has 0 fully saturated rings. The van der Waals surface area contributed by atoms with E-state index in [0.717, 1.165) is 17.7 Å². The molecule has 0 saturated heterocycles. The van der Waals surface area contributed by atoms with Crippen LogP contribution in [0.2, 0.25) is 8.67 Å². The second-order valence-corrected chi connectivity index (χ2v) is 6.41. The van der Waals surface area contributed by atoms with Crippen LogP contribution in [0.15, 0.2) is 30.3 Å². The van der Waals surface area contributed by atoms with Crippen molar-refractivity contribution in [3.8, 4) is 0 Å². The predicted octanol–water partition coefficient (Wildman–Crippen LogP) is 5.38. The largest absolute Gasteiger partial charge is 0.416 e. The second-order valence-electron chi connectivity index (χ2n) is 4.12. The molecule has 2 aromatic rings. The van der Waals surface area contributed by atoms with Crippen LogP contribution in [0.1, 0.15) is 22.7 Å². The van der Waals surface area contributed by atoms with Crippen LogP contribution in [-0.4, -0.2) is 7.05 Å². The van der Waals surface area contributed by atoms with Crippen LogP contribution in [0.25, 0.3) is 0 Å². The number of alkyl halides is 3. The van der Waals surface area contributed by atoms with E-state index < -0.39 is 11.7 Å². The van der Waals surface area contributed by atoms with Crippen LogP contribution >= 0.6 is 34.5 Å². The van der Waals surface area contributed by atoms with E-state index in [1.54, 1.807) is 13.1 Å². The van der Waals surface area contributed by atoms with Crippen LogP contribution < -0.4 is 5.32 Å². The number of nitrogens with one attached hydrogen (secondary N) is 1. The molecule has 0 saturated carbocycles. The lowest BCUT2D eigenvalue weighted by Gasteiger charge is -2.17. The molecule has 1 unspecified atom stereocenters. The average Bonchev–Trinajstić information content (AvgIpc) is 2.69. The third-order valence-corrected chi connectivity index (χ3v) is 4.37. The van der Waals surface area contributed by atoms with E-state index in [0.29, 0.717) is 14.2 Å². The standard InChI is InChI=1S/C13H10Cl2F3NS/c1-19-11(9-6-10(14)20-12(9)15)7-2-4-8(5-3-7)13(16,17)18/h2-6,11,19H,1H3. The molecule has 1 nitrogen and oxygen atoms in total. The van der Waals surface area contributed by atoms with E-state index in [9.17, 15) is 13.2 Å². The molecule has 0 aliphatic rings. The molecule has 1 N–H and O–H groups in total. The molecular formula is C13H10Cl2F3NS. The number of thiophene rings is 1. The summed E-state index contributed by atoms with van der Waals surface area (Å²) in [6.07, 6.45) is -4.34. The molecule has 1 atom stereocenters. The van der Waals surface area contributed by atoms with Crippen molar-refractivity contribution in [3.05, 3.63) is 55.7 Å². The first kappa shape index (κ1) is 15.6. The first-order valence-corrected chi connectivity index (χ1v) is 7.19. The summed E-state index contributed by atoms with van der Waals surface area (Å²) in [6.45, 7) is 0. The van der Waals surface area contributed by atoms with Gasteiger partial charge in [-0.05, 0) is 30.8 Å². The van der Waals surface area contributed by atoms with Gasteiger partial charge in [0.1, 0.15) is 0 Å². The van der Waals surface area contributed by atoms with Crippen molar-refractivity contribution >= 4 is 34.5 Å². The van der Waals surface area contributed by atoms with Gasteiger partial charge in [-0.3, -0.25) is 0 Å². The van der Waals surface area contributed by atoms with Crippen molar-refractivity contribution in [3.63, 3.8) is 0 Å². The number of hydrogen-bond donors (Lipinski definition) is 1. The topological polar surface area (TPSA) is 12.0 Å². The summed E-state index contributed by atoms with van der Waals surface area (Å²) in [5, 5.41) is 3.03. The minimum absolute atomic E-state index is 0.298. The Labute approximate surface area is 128 Å². The Hall–Kier alpha value is -0.750. The summed E-state index contributed by atoms with van der Waals surface area (Å²) in [6, 6.07) is 6.41. The first-order valence-electron chi connectivity index (χ1n) is 5.62. The van der Waals surface area contributed by atoms with Gasteiger partial charge in [-0.2, -0.15) is 13.2 Å². The lowest BCUT2D eigenvalue weighted by atomic mass is 10.00. The number of halogens is 5. The molecule has 0 amide bonds. The van der Waals surface area contributed by atoms with Gasteiger partial charge >= 0.3 is 6.18 Å². The van der Waals surface area contributed by atoms with Crippen LogP contribution in [0, 0.1) is 0 Å². The summed E-state index contributed by atoms with van der Waals surface area (Å²) in [5.74, 6) is 0. The summed E-state index contributed by atoms with van der Waals surface area (Å²) in [5.41, 5.74) is 0.770. The smallest absolute Gasteiger partial charge is 0.309 e. The summed E-state index contributed by atoms with van der Waals surface area (Å²) in [4.78, 5) is 0. The fraction of sp³-hybridized carbons (Fsp3) is 0.231. The van der Waals surface area contributed by atoms with E-state index in [2.05, 4.69) is 5.32 Å². The number of benzene rings is 1. The highest BCUT2D eigenvalue weighted by Crippen LogP contribution is 2.38. The van der Waals surface area contributed by atoms with E-state index in [1.807, 2.05) is 0 Å². The lowest BCUT2D eigenvalue weighted by molar-refractivity contribution is -0.137. The van der Waals surface area contributed by atoms with E-state index in [1.165, 1.54) is 23.5 Å². The van der Waals surface area contributed by atoms with Gasteiger partial charge in [0.15, 0.2) is 0 Å². The highest BCUT2D eigenvalue weighted by molar-refractivity contribution is 7.20. The van der Waals surface area contributed by atoms with Crippen molar-refractivity contribution in [2.24, 2.45) is 0 Å².